The van der Waals surface area contributed by atoms with E-state index < -0.39 is 12.2 Å². The second kappa shape index (κ2) is 12.2. The number of rotatable bonds is 9. The summed E-state index contributed by atoms with van der Waals surface area (Å²) in [6, 6.07) is 13.0. The van der Waals surface area contributed by atoms with Gasteiger partial charge in [-0.1, -0.05) is 23.7 Å². The molecule has 1 aliphatic heterocycles. The molecule has 3 aromatic rings. The lowest BCUT2D eigenvalue weighted by molar-refractivity contribution is 0.0932. The fourth-order valence-electron chi connectivity index (χ4n) is 4.55. The number of aromatic amines is 1. The van der Waals surface area contributed by atoms with Crippen molar-refractivity contribution in [1.29, 1.82) is 0 Å². The highest BCUT2D eigenvalue weighted by Crippen LogP contribution is 2.39. The van der Waals surface area contributed by atoms with E-state index in [0.29, 0.717) is 36.8 Å². The van der Waals surface area contributed by atoms with Crippen molar-refractivity contribution >= 4 is 34.7 Å². The molecule has 0 radical (unpaired) electrons. The summed E-state index contributed by atoms with van der Waals surface area (Å²) in [4.78, 5) is 29.4. The molecule has 10 heteroatoms. The topological polar surface area (TPSA) is 113 Å². The lowest BCUT2D eigenvalue weighted by Crippen LogP contribution is -2.40. The Kier molecular flexibility index (Phi) is 8.78. The zero-order valence-corrected chi connectivity index (χ0v) is 21.7. The highest BCUT2D eigenvalue weighted by molar-refractivity contribution is 6.31. The van der Waals surface area contributed by atoms with Crippen LogP contribution in [0.25, 0.3) is 10.9 Å². The van der Waals surface area contributed by atoms with Gasteiger partial charge in [-0.15, -0.1) is 0 Å². The largest absolute Gasteiger partial charge is 0.493 e. The van der Waals surface area contributed by atoms with E-state index in [-0.39, 0.29) is 31.9 Å². The van der Waals surface area contributed by atoms with Crippen LogP contribution in [0.3, 0.4) is 0 Å². The summed E-state index contributed by atoms with van der Waals surface area (Å²) in [5.41, 5.74) is 3.98. The Labute approximate surface area is 220 Å². The molecule has 2 aromatic carbocycles. The molecular formula is C27H32ClN3O6. The molecule has 2 unspecified atom stereocenters. The van der Waals surface area contributed by atoms with Gasteiger partial charge in [0.05, 0.1) is 25.9 Å². The Morgan fingerprint density at radius 2 is 1.92 bits per heavy atom. The second-order valence-corrected chi connectivity index (χ2v) is 9.15. The van der Waals surface area contributed by atoms with Crippen LogP contribution in [-0.4, -0.2) is 66.2 Å². The van der Waals surface area contributed by atoms with Crippen molar-refractivity contribution in [3.8, 4) is 5.75 Å². The number of alkyl carbamates (subject to hydrolysis) is 1. The predicted octanol–water partition coefficient (Wildman–Crippen LogP) is 4.80. The van der Waals surface area contributed by atoms with Crippen LogP contribution in [0.1, 0.15) is 43.1 Å². The first kappa shape index (κ1) is 26.6. The van der Waals surface area contributed by atoms with E-state index in [2.05, 4.69) is 10.3 Å². The van der Waals surface area contributed by atoms with E-state index in [1.807, 2.05) is 42.5 Å². The summed E-state index contributed by atoms with van der Waals surface area (Å²) < 4.78 is 15.9. The van der Waals surface area contributed by atoms with Crippen molar-refractivity contribution in [2.75, 3.05) is 32.9 Å². The highest BCUT2D eigenvalue weighted by Gasteiger charge is 2.35. The lowest BCUT2D eigenvalue weighted by atomic mass is 9.92. The second-order valence-electron chi connectivity index (χ2n) is 8.71. The Balaban J connectivity index is 1.48. The van der Waals surface area contributed by atoms with E-state index >= 15 is 0 Å². The molecule has 0 aliphatic carbocycles. The molecule has 1 aromatic heterocycles. The van der Waals surface area contributed by atoms with Crippen LogP contribution in [-0.2, 0) is 15.9 Å². The van der Waals surface area contributed by atoms with Gasteiger partial charge in [-0.25, -0.2) is 9.59 Å². The number of aliphatic hydroxyl groups is 1. The smallest absolute Gasteiger partial charge is 0.410 e. The SMILES string of the molecule is CCOC(=O)NCC(O)CCOc1ccc(C2c3[nH]c4ccc(Cl)cc4c3CCN2C(=O)OCC)cc1. The first-order valence-corrected chi connectivity index (χ1v) is 12.8. The van der Waals surface area contributed by atoms with Gasteiger partial charge in [0.25, 0.3) is 0 Å². The number of hydrogen-bond acceptors (Lipinski definition) is 6. The number of aromatic nitrogens is 1. The number of H-pyrrole nitrogens is 1. The number of ether oxygens (including phenoxy) is 3. The third kappa shape index (κ3) is 6.29. The van der Waals surface area contributed by atoms with E-state index in [0.717, 1.165) is 27.7 Å². The zero-order chi connectivity index (χ0) is 26.4. The molecule has 1 aliphatic rings. The third-order valence-corrected chi connectivity index (χ3v) is 6.50. The van der Waals surface area contributed by atoms with Gasteiger partial charge < -0.3 is 29.6 Å². The number of hydrogen-bond donors (Lipinski definition) is 3. The van der Waals surface area contributed by atoms with E-state index in [1.165, 1.54) is 0 Å². The normalized spacial score (nSPS) is 15.7. The van der Waals surface area contributed by atoms with Crippen LogP contribution in [0, 0.1) is 0 Å². The van der Waals surface area contributed by atoms with E-state index in [9.17, 15) is 14.7 Å². The Morgan fingerprint density at radius 3 is 2.65 bits per heavy atom. The molecule has 0 spiro atoms. The molecular weight excluding hydrogens is 498 g/mol. The fourth-order valence-corrected chi connectivity index (χ4v) is 4.73. The molecule has 37 heavy (non-hydrogen) atoms. The number of carbonyl (C=O) groups excluding carboxylic acids is 2. The fraction of sp³-hybridized carbons (Fsp3) is 0.407. The summed E-state index contributed by atoms with van der Waals surface area (Å²) in [5, 5.41) is 14.3. The minimum Gasteiger partial charge on any atom is -0.493 e. The molecule has 2 amide bonds. The van der Waals surface area contributed by atoms with Crippen molar-refractivity contribution in [2.45, 2.75) is 38.8 Å². The highest BCUT2D eigenvalue weighted by atomic mass is 35.5. The van der Waals surface area contributed by atoms with Gasteiger partial charge in [-0.05, 0) is 61.7 Å². The molecule has 0 saturated heterocycles. The number of nitrogens with one attached hydrogen (secondary N) is 2. The van der Waals surface area contributed by atoms with Crippen molar-refractivity contribution in [3.63, 3.8) is 0 Å². The monoisotopic (exact) mass is 529 g/mol. The Morgan fingerprint density at radius 1 is 1.16 bits per heavy atom. The number of fused-ring (bicyclic) bond motifs is 3. The van der Waals surface area contributed by atoms with Gasteiger partial charge in [0.1, 0.15) is 11.8 Å². The number of aliphatic hydroxyl groups excluding tert-OH is 1. The molecule has 3 N–H and O–H groups in total. The standard InChI is InChI=1S/C27H32ClN3O6/c1-3-35-26(33)29-16-19(32)12-14-37-20-8-5-17(6-9-20)25-24-21(11-13-31(25)27(34)36-4-2)22-15-18(28)7-10-23(22)30-24/h5-10,15,19,25,30,32H,3-4,11-14,16H2,1-2H3,(H,29,33). The number of carbonyl (C=O) groups is 2. The molecule has 2 heterocycles. The van der Waals surface area contributed by atoms with Crippen LogP contribution in [0.15, 0.2) is 42.5 Å². The first-order chi connectivity index (χ1) is 17.9. The predicted molar refractivity (Wildman–Crippen MR) is 140 cm³/mol. The summed E-state index contributed by atoms with van der Waals surface area (Å²) in [6.45, 7) is 4.96. The van der Waals surface area contributed by atoms with Crippen LogP contribution in [0.2, 0.25) is 5.02 Å². The molecule has 4 rings (SSSR count). The number of halogens is 1. The minimum atomic E-state index is -0.752. The maximum atomic E-state index is 12.9. The zero-order valence-electron chi connectivity index (χ0n) is 21.0. The van der Waals surface area contributed by atoms with Gasteiger partial charge in [0, 0.05) is 41.1 Å². The van der Waals surface area contributed by atoms with Crippen molar-refractivity contribution in [2.24, 2.45) is 0 Å². The molecule has 0 bridgehead atoms. The summed E-state index contributed by atoms with van der Waals surface area (Å²) in [5.74, 6) is 0.636. The van der Waals surface area contributed by atoms with Crippen LogP contribution >= 0.6 is 11.6 Å². The molecule has 0 saturated carbocycles. The number of benzene rings is 2. The minimum absolute atomic E-state index is 0.0878. The Bertz CT molecular complexity index is 1230. The van der Waals surface area contributed by atoms with Crippen LogP contribution in [0.5, 0.6) is 5.75 Å². The maximum Gasteiger partial charge on any atom is 0.410 e. The average molecular weight is 530 g/mol. The van der Waals surface area contributed by atoms with Crippen LogP contribution in [0.4, 0.5) is 9.59 Å². The van der Waals surface area contributed by atoms with E-state index in [1.54, 1.807) is 18.7 Å². The van der Waals surface area contributed by atoms with Gasteiger partial charge in [0.2, 0.25) is 0 Å². The number of amides is 2. The molecule has 2 atom stereocenters. The lowest BCUT2D eigenvalue weighted by Gasteiger charge is -2.35. The van der Waals surface area contributed by atoms with Gasteiger partial charge >= 0.3 is 12.2 Å². The summed E-state index contributed by atoms with van der Waals surface area (Å²) in [7, 11) is 0. The van der Waals surface area contributed by atoms with E-state index in [4.69, 9.17) is 25.8 Å². The quantitative estimate of drug-likeness (QED) is 0.367. The summed E-state index contributed by atoms with van der Waals surface area (Å²) >= 11 is 6.26. The molecule has 0 fully saturated rings. The Hall–Kier alpha value is -3.43. The average Bonchev–Trinajstić information content (AvgIpc) is 3.25. The third-order valence-electron chi connectivity index (χ3n) is 6.26. The van der Waals surface area contributed by atoms with Crippen LogP contribution < -0.4 is 10.1 Å². The molecule has 198 valence electrons. The van der Waals surface area contributed by atoms with Gasteiger partial charge in [-0.3, -0.25) is 4.90 Å². The molecule has 9 nitrogen and oxygen atoms in total. The van der Waals surface area contributed by atoms with Crippen molar-refractivity contribution in [3.05, 3.63) is 64.3 Å². The van der Waals surface area contributed by atoms with Crippen molar-refractivity contribution in [1.82, 2.24) is 15.2 Å². The maximum absolute atomic E-state index is 12.9. The van der Waals surface area contributed by atoms with Gasteiger partial charge in [-0.2, -0.15) is 0 Å². The number of nitrogens with zero attached hydrogens (tertiary/aromatic N) is 1. The van der Waals surface area contributed by atoms with Crippen molar-refractivity contribution < 1.29 is 28.9 Å². The first-order valence-electron chi connectivity index (χ1n) is 12.5. The summed E-state index contributed by atoms with van der Waals surface area (Å²) in [6.07, 6.45) is -0.633. The van der Waals surface area contributed by atoms with Gasteiger partial charge in [0.15, 0.2) is 0 Å².